The standard InChI is InChI=1S/C23H32O2/c1-3-5-6-12-22-13-16-23(17-14-22,18-15-22)19-8-10-20(11-9-19)25-21(24)7-4-2/h4,7-11H,3,5-6,12-18H2,1-2H3. The maximum absolute atomic E-state index is 11.6. The number of carbonyl (C=O) groups excluding carboxylic acids is 1. The molecule has 3 saturated carbocycles. The zero-order valence-corrected chi connectivity index (χ0v) is 15.9. The number of fused-ring (bicyclic) bond motifs is 3. The van der Waals surface area contributed by atoms with Gasteiger partial charge in [-0.25, -0.2) is 4.79 Å². The Morgan fingerprint density at radius 3 is 2.24 bits per heavy atom. The number of esters is 1. The summed E-state index contributed by atoms with van der Waals surface area (Å²) in [6, 6.07) is 8.30. The first-order valence-corrected chi connectivity index (χ1v) is 10.1. The van der Waals surface area contributed by atoms with E-state index in [1.165, 1.54) is 75.8 Å². The highest BCUT2D eigenvalue weighted by Crippen LogP contribution is 2.59. The molecule has 0 aliphatic heterocycles. The molecule has 2 nitrogen and oxygen atoms in total. The topological polar surface area (TPSA) is 26.3 Å². The Morgan fingerprint density at radius 1 is 1.04 bits per heavy atom. The van der Waals surface area contributed by atoms with Crippen molar-refractivity contribution in [3.05, 3.63) is 42.0 Å². The summed E-state index contributed by atoms with van der Waals surface area (Å²) in [5, 5.41) is 0. The van der Waals surface area contributed by atoms with Crippen LogP contribution in [0.2, 0.25) is 0 Å². The molecular formula is C23H32O2. The van der Waals surface area contributed by atoms with Gasteiger partial charge in [0.15, 0.2) is 0 Å². The largest absolute Gasteiger partial charge is 0.423 e. The number of allylic oxidation sites excluding steroid dienone is 1. The molecule has 0 aromatic heterocycles. The second-order valence-electron chi connectivity index (χ2n) is 8.18. The maximum Gasteiger partial charge on any atom is 0.335 e. The molecule has 2 heteroatoms. The van der Waals surface area contributed by atoms with Crippen LogP contribution in [-0.2, 0) is 10.2 Å². The van der Waals surface area contributed by atoms with Gasteiger partial charge in [-0.2, -0.15) is 0 Å². The van der Waals surface area contributed by atoms with Crippen molar-refractivity contribution in [2.75, 3.05) is 0 Å². The summed E-state index contributed by atoms with van der Waals surface area (Å²) < 4.78 is 5.32. The number of ether oxygens (including phenoxy) is 1. The van der Waals surface area contributed by atoms with E-state index < -0.39 is 0 Å². The van der Waals surface area contributed by atoms with Gasteiger partial charge in [-0.15, -0.1) is 0 Å². The minimum Gasteiger partial charge on any atom is -0.423 e. The summed E-state index contributed by atoms with van der Waals surface area (Å²) in [6.45, 7) is 4.11. The Bertz CT molecular complexity index is 587. The number of benzene rings is 1. The van der Waals surface area contributed by atoms with Crippen LogP contribution in [-0.4, -0.2) is 5.97 Å². The summed E-state index contributed by atoms with van der Waals surface area (Å²) in [5.41, 5.74) is 2.47. The summed E-state index contributed by atoms with van der Waals surface area (Å²) in [5.74, 6) is 0.337. The fraction of sp³-hybridized carbons (Fsp3) is 0.609. The molecule has 0 radical (unpaired) electrons. The average molecular weight is 341 g/mol. The third-order valence-electron chi connectivity index (χ3n) is 6.70. The van der Waals surface area contributed by atoms with Crippen molar-refractivity contribution in [1.29, 1.82) is 0 Å². The smallest absolute Gasteiger partial charge is 0.335 e. The zero-order chi connectivity index (χ0) is 17.8. The van der Waals surface area contributed by atoms with E-state index in [1.807, 2.05) is 19.1 Å². The van der Waals surface area contributed by atoms with Crippen molar-refractivity contribution in [3.63, 3.8) is 0 Å². The van der Waals surface area contributed by atoms with Crippen LogP contribution in [0, 0.1) is 5.41 Å². The molecule has 25 heavy (non-hydrogen) atoms. The number of hydrogen-bond donors (Lipinski definition) is 0. The molecule has 0 saturated heterocycles. The molecule has 1 aromatic rings. The third kappa shape index (κ3) is 3.99. The molecule has 0 amide bonds. The van der Waals surface area contributed by atoms with E-state index in [9.17, 15) is 4.79 Å². The molecule has 136 valence electrons. The molecule has 0 N–H and O–H groups in total. The Morgan fingerprint density at radius 2 is 1.68 bits per heavy atom. The molecule has 1 aromatic carbocycles. The molecule has 0 unspecified atom stereocenters. The predicted octanol–water partition coefficient (Wildman–Crippen LogP) is 6.34. The quantitative estimate of drug-likeness (QED) is 0.250. The second kappa shape index (κ2) is 7.76. The lowest BCUT2D eigenvalue weighted by atomic mass is 9.51. The fourth-order valence-corrected chi connectivity index (χ4v) is 4.98. The van der Waals surface area contributed by atoms with Crippen LogP contribution in [0.1, 0.15) is 83.6 Å². The van der Waals surface area contributed by atoms with E-state index in [2.05, 4.69) is 19.1 Å². The van der Waals surface area contributed by atoms with Gasteiger partial charge in [-0.3, -0.25) is 0 Å². The first kappa shape index (κ1) is 18.2. The molecule has 0 spiro atoms. The Hall–Kier alpha value is -1.57. The van der Waals surface area contributed by atoms with Crippen LogP contribution in [0.5, 0.6) is 5.75 Å². The van der Waals surface area contributed by atoms with Crippen molar-refractivity contribution in [3.8, 4) is 5.75 Å². The second-order valence-corrected chi connectivity index (χ2v) is 8.18. The minimum atomic E-state index is -0.305. The third-order valence-corrected chi connectivity index (χ3v) is 6.70. The summed E-state index contributed by atoms with van der Waals surface area (Å²) in [4.78, 5) is 11.6. The Balaban J connectivity index is 1.63. The van der Waals surface area contributed by atoms with Gasteiger partial charge in [-0.1, -0.05) is 44.4 Å². The van der Waals surface area contributed by atoms with E-state index >= 15 is 0 Å². The summed E-state index contributed by atoms with van der Waals surface area (Å²) in [7, 11) is 0. The summed E-state index contributed by atoms with van der Waals surface area (Å²) in [6.07, 6.45) is 16.9. The van der Waals surface area contributed by atoms with Gasteiger partial charge >= 0.3 is 5.97 Å². The van der Waals surface area contributed by atoms with Gasteiger partial charge in [0.2, 0.25) is 0 Å². The molecule has 3 aliphatic rings. The predicted molar refractivity (Wildman–Crippen MR) is 103 cm³/mol. The molecule has 3 fully saturated rings. The van der Waals surface area contributed by atoms with Gasteiger partial charge in [0.1, 0.15) is 5.75 Å². The number of carbonyl (C=O) groups is 1. The van der Waals surface area contributed by atoms with Gasteiger partial charge < -0.3 is 4.74 Å². The van der Waals surface area contributed by atoms with Crippen LogP contribution in [0.15, 0.2) is 36.4 Å². The van der Waals surface area contributed by atoms with Crippen LogP contribution in [0.4, 0.5) is 0 Å². The van der Waals surface area contributed by atoms with Crippen LogP contribution in [0.25, 0.3) is 0 Å². The van der Waals surface area contributed by atoms with Crippen molar-refractivity contribution < 1.29 is 9.53 Å². The first-order chi connectivity index (χ1) is 12.1. The highest BCUT2D eigenvalue weighted by molar-refractivity contribution is 5.83. The van der Waals surface area contributed by atoms with Gasteiger partial charge in [-0.05, 0) is 80.4 Å². The maximum atomic E-state index is 11.6. The summed E-state index contributed by atoms with van der Waals surface area (Å²) >= 11 is 0. The van der Waals surface area contributed by atoms with E-state index in [-0.39, 0.29) is 5.97 Å². The highest BCUT2D eigenvalue weighted by atomic mass is 16.5. The zero-order valence-electron chi connectivity index (χ0n) is 15.9. The molecule has 0 atom stereocenters. The van der Waals surface area contributed by atoms with Gasteiger partial charge in [0.25, 0.3) is 0 Å². The fourth-order valence-electron chi connectivity index (χ4n) is 4.98. The monoisotopic (exact) mass is 340 g/mol. The lowest BCUT2D eigenvalue weighted by Crippen LogP contribution is -2.44. The lowest BCUT2D eigenvalue weighted by molar-refractivity contribution is -0.129. The lowest BCUT2D eigenvalue weighted by Gasteiger charge is -2.54. The van der Waals surface area contributed by atoms with E-state index in [0.29, 0.717) is 16.6 Å². The van der Waals surface area contributed by atoms with Crippen molar-refractivity contribution in [1.82, 2.24) is 0 Å². The highest BCUT2D eigenvalue weighted by Gasteiger charge is 2.48. The SMILES string of the molecule is CC=CC(=O)Oc1ccc(C23CCC(CCCCC)(CC2)CC3)cc1. The van der Waals surface area contributed by atoms with Gasteiger partial charge in [0, 0.05) is 6.08 Å². The minimum absolute atomic E-state index is 0.305. The average Bonchev–Trinajstić information content (AvgIpc) is 2.64. The molecular weight excluding hydrogens is 308 g/mol. The number of unbranched alkanes of at least 4 members (excludes halogenated alkanes) is 2. The molecule has 3 aliphatic carbocycles. The Kier molecular flexibility index (Phi) is 5.66. The van der Waals surface area contributed by atoms with Crippen LogP contribution in [0.3, 0.4) is 0 Å². The Labute approximate surface area is 152 Å². The normalized spacial score (nSPS) is 28.4. The molecule has 4 rings (SSSR count). The first-order valence-electron chi connectivity index (χ1n) is 10.1. The van der Waals surface area contributed by atoms with E-state index in [1.54, 1.807) is 6.08 Å². The molecule has 2 bridgehead atoms. The van der Waals surface area contributed by atoms with Crippen LogP contribution < -0.4 is 4.74 Å². The van der Waals surface area contributed by atoms with E-state index in [0.717, 1.165) is 0 Å². The van der Waals surface area contributed by atoms with Crippen LogP contribution >= 0.6 is 0 Å². The number of hydrogen-bond acceptors (Lipinski definition) is 2. The van der Waals surface area contributed by atoms with Crippen molar-refractivity contribution in [2.45, 2.75) is 83.5 Å². The number of rotatable bonds is 7. The van der Waals surface area contributed by atoms with E-state index in [4.69, 9.17) is 4.74 Å². The molecule has 0 heterocycles. The van der Waals surface area contributed by atoms with Gasteiger partial charge in [0.05, 0.1) is 0 Å². The van der Waals surface area contributed by atoms with Crippen molar-refractivity contribution >= 4 is 5.97 Å². The van der Waals surface area contributed by atoms with Crippen molar-refractivity contribution in [2.24, 2.45) is 5.41 Å².